The van der Waals surface area contributed by atoms with Crippen LogP contribution in [0.1, 0.15) is 47.1 Å². The van der Waals surface area contributed by atoms with E-state index in [2.05, 4.69) is 49.1 Å². The summed E-state index contributed by atoms with van der Waals surface area (Å²) in [5, 5.41) is 2.08. The highest BCUT2D eigenvalue weighted by molar-refractivity contribution is 9.10. The normalized spacial score (nSPS) is 18.0. The number of thiophene rings is 1. The topological polar surface area (TPSA) is 25.2 Å². The molecule has 0 unspecified atom stereocenters. The van der Waals surface area contributed by atoms with Gasteiger partial charge in [-0.15, -0.1) is 11.3 Å². The zero-order valence-electron chi connectivity index (χ0n) is 11.7. The molecule has 5 heteroatoms. The molecule has 0 spiro atoms. The summed E-state index contributed by atoms with van der Waals surface area (Å²) < 4.78 is 3.17. The molecule has 3 nitrogen and oxygen atoms in total. The highest BCUT2D eigenvalue weighted by Crippen LogP contribution is 2.39. The Bertz CT molecular complexity index is 656. The zero-order valence-corrected chi connectivity index (χ0v) is 14.1. The van der Waals surface area contributed by atoms with E-state index in [1.165, 1.54) is 17.7 Å². The molecule has 0 N–H and O–H groups in total. The van der Waals surface area contributed by atoms with E-state index in [-0.39, 0.29) is 5.91 Å². The molecule has 0 radical (unpaired) electrons. The molecule has 2 heterocycles. The molecule has 2 aliphatic carbocycles. The summed E-state index contributed by atoms with van der Waals surface area (Å²) >= 11 is 5.25. The van der Waals surface area contributed by atoms with Crippen LogP contribution in [0.5, 0.6) is 0 Å². The predicted molar refractivity (Wildman–Crippen MR) is 87.6 cm³/mol. The third-order valence-electron chi connectivity index (χ3n) is 4.13. The highest BCUT2D eigenvalue weighted by Gasteiger charge is 2.36. The van der Waals surface area contributed by atoms with Crippen molar-refractivity contribution in [1.29, 1.82) is 0 Å². The van der Waals surface area contributed by atoms with E-state index in [1.807, 2.05) is 6.07 Å². The standard InChI is InChI=1S/C16H17BrN2OS/c17-11-8-15(18(9-11)12-3-4-12)16(20)19(13-5-6-13)10-14-2-1-7-21-14/h1-2,7-9,12-13H,3-6,10H2. The summed E-state index contributed by atoms with van der Waals surface area (Å²) in [5.74, 6) is 0.184. The molecule has 0 aliphatic heterocycles. The second kappa shape index (κ2) is 5.29. The average Bonchev–Trinajstić information content (AvgIpc) is 3.40. The van der Waals surface area contributed by atoms with E-state index in [9.17, 15) is 4.79 Å². The van der Waals surface area contributed by atoms with Gasteiger partial charge in [-0.1, -0.05) is 6.07 Å². The van der Waals surface area contributed by atoms with Crippen LogP contribution >= 0.6 is 27.3 Å². The number of hydrogen-bond donors (Lipinski definition) is 0. The molecule has 2 aromatic rings. The minimum Gasteiger partial charge on any atom is -0.339 e. The lowest BCUT2D eigenvalue weighted by Crippen LogP contribution is -2.33. The Kier molecular flexibility index (Phi) is 3.42. The molecule has 1 amide bonds. The smallest absolute Gasteiger partial charge is 0.271 e. The molecule has 110 valence electrons. The molecular weight excluding hydrogens is 348 g/mol. The molecule has 0 bridgehead atoms. The van der Waals surface area contributed by atoms with Gasteiger partial charge in [-0.3, -0.25) is 4.79 Å². The van der Waals surface area contributed by atoms with Gasteiger partial charge >= 0.3 is 0 Å². The number of nitrogens with zero attached hydrogens (tertiary/aromatic N) is 2. The van der Waals surface area contributed by atoms with Crippen molar-refractivity contribution in [3.05, 3.63) is 44.8 Å². The molecule has 2 saturated carbocycles. The van der Waals surface area contributed by atoms with Crippen LogP contribution in [0.25, 0.3) is 0 Å². The van der Waals surface area contributed by atoms with E-state index in [4.69, 9.17) is 0 Å². The maximum absolute atomic E-state index is 13.0. The lowest BCUT2D eigenvalue weighted by atomic mass is 10.3. The summed E-state index contributed by atoms with van der Waals surface area (Å²) in [6.45, 7) is 0.745. The molecule has 21 heavy (non-hydrogen) atoms. The van der Waals surface area contributed by atoms with Crippen molar-refractivity contribution in [2.45, 2.75) is 44.3 Å². The number of amides is 1. The van der Waals surface area contributed by atoms with Crippen molar-refractivity contribution in [2.75, 3.05) is 0 Å². The number of carbonyl (C=O) groups is 1. The quantitative estimate of drug-likeness (QED) is 0.769. The summed E-state index contributed by atoms with van der Waals surface area (Å²) in [7, 11) is 0. The monoisotopic (exact) mass is 364 g/mol. The van der Waals surface area contributed by atoms with Crippen LogP contribution in [-0.2, 0) is 6.54 Å². The van der Waals surface area contributed by atoms with Crippen LogP contribution in [0.15, 0.2) is 34.2 Å². The fourth-order valence-corrected chi connectivity index (χ4v) is 3.88. The van der Waals surface area contributed by atoms with E-state index in [0.717, 1.165) is 29.6 Å². The van der Waals surface area contributed by atoms with Gasteiger partial charge in [0.2, 0.25) is 0 Å². The Morgan fingerprint density at radius 3 is 2.81 bits per heavy atom. The van der Waals surface area contributed by atoms with Crippen LogP contribution in [0, 0.1) is 0 Å². The van der Waals surface area contributed by atoms with E-state index in [1.54, 1.807) is 11.3 Å². The van der Waals surface area contributed by atoms with Crippen molar-refractivity contribution in [3.63, 3.8) is 0 Å². The Hall–Kier alpha value is -1.07. The van der Waals surface area contributed by atoms with Gasteiger partial charge < -0.3 is 9.47 Å². The van der Waals surface area contributed by atoms with Crippen molar-refractivity contribution in [3.8, 4) is 0 Å². The summed E-state index contributed by atoms with van der Waals surface area (Å²) in [5.41, 5.74) is 0.841. The predicted octanol–water partition coefficient (Wildman–Crippen LogP) is 4.45. The zero-order chi connectivity index (χ0) is 14.4. The fourth-order valence-electron chi connectivity index (χ4n) is 2.74. The first-order chi connectivity index (χ1) is 10.2. The van der Waals surface area contributed by atoms with Gasteiger partial charge in [-0.25, -0.2) is 0 Å². The van der Waals surface area contributed by atoms with Crippen molar-refractivity contribution < 1.29 is 4.79 Å². The van der Waals surface area contributed by atoms with Crippen LogP contribution < -0.4 is 0 Å². The van der Waals surface area contributed by atoms with Gasteiger partial charge in [0.05, 0.1) is 6.54 Å². The van der Waals surface area contributed by atoms with Crippen molar-refractivity contribution >= 4 is 33.2 Å². The fraction of sp³-hybridized carbons (Fsp3) is 0.438. The first-order valence-corrected chi connectivity index (χ1v) is 9.10. The average molecular weight is 365 g/mol. The first kappa shape index (κ1) is 13.6. The number of hydrogen-bond acceptors (Lipinski definition) is 2. The van der Waals surface area contributed by atoms with Gasteiger partial charge in [-0.05, 0) is 59.1 Å². The molecular formula is C16H17BrN2OS. The lowest BCUT2D eigenvalue weighted by Gasteiger charge is -2.22. The molecule has 2 aromatic heterocycles. The minimum atomic E-state index is 0.184. The van der Waals surface area contributed by atoms with Crippen molar-refractivity contribution in [2.24, 2.45) is 0 Å². The molecule has 2 aliphatic rings. The van der Waals surface area contributed by atoms with Crippen LogP contribution in [0.3, 0.4) is 0 Å². The number of carbonyl (C=O) groups excluding carboxylic acids is 1. The molecule has 0 atom stereocenters. The maximum Gasteiger partial charge on any atom is 0.271 e. The Morgan fingerprint density at radius 2 is 2.19 bits per heavy atom. The van der Waals surface area contributed by atoms with Crippen LogP contribution in [-0.4, -0.2) is 21.4 Å². The van der Waals surface area contributed by atoms with Gasteiger partial charge in [0.25, 0.3) is 5.91 Å². The van der Waals surface area contributed by atoms with E-state index < -0.39 is 0 Å². The van der Waals surface area contributed by atoms with Crippen LogP contribution in [0.4, 0.5) is 0 Å². The maximum atomic E-state index is 13.0. The number of halogens is 1. The van der Waals surface area contributed by atoms with E-state index in [0.29, 0.717) is 12.1 Å². The molecule has 2 fully saturated rings. The molecule has 4 rings (SSSR count). The molecule has 0 aromatic carbocycles. The third kappa shape index (κ3) is 2.81. The first-order valence-electron chi connectivity index (χ1n) is 7.43. The second-order valence-electron chi connectivity index (χ2n) is 5.93. The number of aromatic nitrogens is 1. The highest BCUT2D eigenvalue weighted by atomic mass is 79.9. The third-order valence-corrected chi connectivity index (χ3v) is 5.42. The lowest BCUT2D eigenvalue weighted by molar-refractivity contribution is 0.0720. The van der Waals surface area contributed by atoms with Gasteiger partial charge in [-0.2, -0.15) is 0 Å². The second-order valence-corrected chi connectivity index (χ2v) is 7.87. The summed E-state index contributed by atoms with van der Waals surface area (Å²) in [6, 6.07) is 7.10. The van der Waals surface area contributed by atoms with Crippen LogP contribution in [0.2, 0.25) is 0 Å². The Morgan fingerprint density at radius 1 is 1.38 bits per heavy atom. The summed E-state index contributed by atoms with van der Waals surface area (Å²) in [6.07, 6.45) is 6.72. The van der Waals surface area contributed by atoms with Crippen molar-refractivity contribution in [1.82, 2.24) is 9.47 Å². The minimum absolute atomic E-state index is 0.184. The summed E-state index contributed by atoms with van der Waals surface area (Å²) in [4.78, 5) is 16.3. The van der Waals surface area contributed by atoms with Gasteiger partial charge in [0, 0.05) is 27.6 Å². The largest absolute Gasteiger partial charge is 0.339 e. The Balaban J connectivity index is 1.61. The van der Waals surface area contributed by atoms with Gasteiger partial charge in [0.15, 0.2) is 0 Å². The molecule has 0 saturated heterocycles. The van der Waals surface area contributed by atoms with Gasteiger partial charge in [0.1, 0.15) is 5.69 Å². The number of rotatable bonds is 5. The Labute approximate surface area is 136 Å². The SMILES string of the molecule is O=C(c1cc(Br)cn1C1CC1)N(Cc1cccs1)C1CC1. The van der Waals surface area contributed by atoms with E-state index >= 15 is 0 Å².